The number of aromatic nitrogens is 2. The zero-order chi connectivity index (χ0) is 11.7. The van der Waals surface area contributed by atoms with E-state index in [1.54, 1.807) is 16.8 Å². The molecular weight excluding hydrogens is 243 g/mol. The Morgan fingerprint density at radius 2 is 2.00 bits per heavy atom. The van der Waals surface area contributed by atoms with Gasteiger partial charge in [-0.2, -0.15) is 5.10 Å². The maximum absolute atomic E-state index is 13.7. The normalized spacial score (nSPS) is 10.1. The molecular formula is C12H14ClFN2O. The van der Waals surface area contributed by atoms with Crippen LogP contribution in [0.2, 0.25) is 0 Å². The molecule has 0 saturated heterocycles. The third kappa shape index (κ3) is 2.65. The van der Waals surface area contributed by atoms with Crippen LogP contribution in [0.1, 0.15) is 17.0 Å². The molecule has 1 aromatic heterocycles. The SMILES string of the molecule is Cc1cc(C)n(-c2ccc(CO)cc2F)n1.Cl. The lowest BCUT2D eigenvalue weighted by molar-refractivity contribution is 0.281. The Balaban J connectivity index is 0.00000144. The van der Waals surface area contributed by atoms with Crippen LogP contribution in [0.15, 0.2) is 24.3 Å². The van der Waals surface area contributed by atoms with Crippen LogP contribution in [0.4, 0.5) is 4.39 Å². The largest absolute Gasteiger partial charge is 0.392 e. The van der Waals surface area contributed by atoms with Gasteiger partial charge >= 0.3 is 0 Å². The van der Waals surface area contributed by atoms with E-state index >= 15 is 0 Å². The van der Waals surface area contributed by atoms with Crippen molar-refractivity contribution in [2.45, 2.75) is 20.5 Å². The van der Waals surface area contributed by atoms with E-state index in [9.17, 15) is 4.39 Å². The highest BCUT2D eigenvalue weighted by atomic mass is 35.5. The Hall–Kier alpha value is -1.39. The number of aryl methyl sites for hydroxylation is 2. The topological polar surface area (TPSA) is 38.0 Å². The Kier molecular flexibility index (Phi) is 4.26. The van der Waals surface area contributed by atoms with Crippen LogP contribution < -0.4 is 0 Å². The van der Waals surface area contributed by atoms with Crippen LogP contribution in [-0.2, 0) is 6.61 Å². The van der Waals surface area contributed by atoms with E-state index in [4.69, 9.17) is 5.11 Å². The summed E-state index contributed by atoms with van der Waals surface area (Å²) in [5.74, 6) is -0.377. The minimum atomic E-state index is -0.377. The van der Waals surface area contributed by atoms with Crippen molar-refractivity contribution < 1.29 is 9.50 Å². The summed E-state index contributed by atoms with van der Waals surface area (Å²) in [6.07, 6.45) is 0. The summed E-state index contributed by atoms with van der Waals surface area (Å²) in [6.45, 7) is 3.58. The van der Waals surface area contributed by atoms with E-state index in [0.717, 1.165) is 11.4 Å². The van der Waals surface area contributed by atoms with E-state index in [-0.39, 0.29) is 24.8 Å². The molecule has 0 unspecified atom stereocenters. The van der Waals surface area contributed by atoms with Crippen LogP contribution in [0.3, 0.4) is 0 Å². The van der Waals surface area contributed by atoms with Gasteiger partial charge in [0.15, 0.2) is 0 Å². The summed E-state index contributed by atoms with van der Waals surface area (Å²) in [5, 5.41) is 13.1. The van der Waals surface area contributed by atoms with Crippen molar-refractivity contribution in [1.29, 1.82) is 0 Å². The van der Waals surface area contributed by atoms with Crippen molar-refractivity contribution in [3.05, 3.63) is 47.0 Å². The summed E-state index contributed by atoms with van der Waals surface area (Å²) in [5.41, 5.74) is 2.70. The summed E-state index contributed by atoms with van der Waals surface area (Å²) >= 11 is 0. The molecule has 5 heteroatoms. The van der Waals surface area contributed by atoms with Gasteiger partial charge in [0.25, 0.3) is 0 Å². The van der Waals surface area contributed by atoms with Gasteiger partial charge in [-0.15, -0.1) is 12.4 Å². The number of aliphatic hydroxyl groups is 1. The summed E-state index contributed by atoms with van der Waals surface area (Å²) < 4.78 is 15.3. The number of hydrogen-bond acceptors (Lipinski definition) is 2. The molecule has 0 radical (unpaired) electrons. The van der Waals surface area contributed by atoms with Gasteiger partial charge in [-0.3, -0.25) is 0 Å². The summed E-state index contributed by atoms with van der Waals surface area (Å²) in [4.78, 5) is 0. The van der Waals surface area contributed by atoms with Gasteiger partial charge in [0.1, 0.15) is 11.5 Å². The van der Waals surface area contributed by atoms with Gasteiger partial charge < -0.3 is 5.11 Å². The highest BCUT2D eigenvalue weighted by Crippen LogP contribution is 2.17. The minimum absolute atomic E-state index is 0. The van der Waals surface area contributed by atoms with E-state index in [1.807, 2.05) is 19.9 Å². The number of aliphatic hydroxyl groups excluding tert-OH is 1. The van der Waals surface area contributed by atoms with Crippen LogP contribution in [0.25, 0.3) is 5.69 Å². The quantitative estimate of drug-likeness (QED) is 0.897. The molecule has 3 nitrogen and oxygen atoms in total. The van der Waals surface area contributed by atoms with Crippen molar-refractivity contribution in [2.75, 3.05) is 0 Å². The molecule has 2 aromatic rings. The first-order chi connectivity index (χ1) is 7.61. The predicted octanol–water partition coefficient (Wildman–Crippen LogP) is 2.54. The molecule has 0 atom stereocenters. The zero-order valence-electron chi connectivity index (χ0n) is 9.64. The smallest absolute Gasteiger partial charge is 0.149 e. The summed E-state index contributed by atoms with van der Waals surface area (Å²) in [6, 6.07) is 6.53. The van der Waals surface area contributed by atoms with E-state index in [2.05, 4.69) is 5.10 Å². The van der Waals surface area contributed by atoms with Gasteiger partial charge in [0.05, 0.1) is 12.3 Å². The predicted molar refractivity (Wildman–Crippen MR) is 66.2 cm³/mol. The van der Waals surface area contributed by atoms with E-state index < -0.39 is 0 Å². The number of halogens is 2. The lowest BCUT2D eigenvalue weighted by Gasteiger charge is -2.06. The van der Waals surface area contributed by atoms with Gasteiger partial charge in [-0.1, -0.05) is 6.07 Å². The monoisotopic (exact) mass is 256 g/mol. The van der Waals surface area contributed by atoms with E-state index in [0.29, 0.717) is 11.3 Å². The molecule has 0 amide bonds. The first-order valence-corrected chi connectivity index (χ1v) is 5.04. The van der Waals surface area contributed by atoms with Crippen LogP contribution >= 0.6 is 12.4 Å². The van der Waals surface area contributed by atoms with Gasteiger partial charge in [0.2, 0.25) is 0 Å². The number of hydrogen-bond donors (Lipinski definition) is 1. The van der Waals surface area contributed by atoms with Gasteiger partial charge in [-0.25, -0.2) is 9.07 Å². The van der Waals surface area contributed by atoms with Crippen molar-refractivity contribution >= 4 is 12.4 Å². The summed E-state index contributed by atoms with van der Waals surface area (Å²) in [7, 11) is 0. The molecule has 1 heterocycles. The van der Waals surface area contributed by atoms with Crippen molar-refractivity contribution in [1.82, 2.24) is 9.78 Å². The molecule has 0 fully saturated rings. The third-order valence-corrected chi connectivity index (χ3v) is 2.43. The Morgan fingerprint density at radius 3 is 2.47 bits per heavy atom. The lowest BCUT2D eigenvalue weighted by atomic mass is 10.2. The number of rotatable bonds is 2. The zero-order valence-corrected chi connectivity index (χ0v) is 10.5. The van der Waals surface area contributed by atoms with Crippen molar-refractivity contribution in [3.8, 4) is 5.69 Å². The average molecular weight is 257 g/mol. The molecule has 0 aliphatic carbocycles. The molecule has 17 heavy (non-hydrogen) atoms. The van der Waals surface area contributed by atoms with Gasteiger partial charge in [-0.05, 0) is 37.6 Å². The number of benzene rings is 1. The average Bonchev–Trinajstić information content (AvgIpc) is 2.57. The van der Waals surface area contributed by atoms with Gasteiger partial charge in [0, 0.05) is 5.69 Å². The molecule has 1 aromatic carbocycles. The fourth-order valence-corrected chi connectivity index (χ4v) is 1.69. The van der Waals surface area contributed by atoms with Crippen LogP contribution in [0.5, 0.6) is 0 Å². The first kappa shape index (κ1) is 13.7. The Morgan fingerprint density at radius 1 is 1.29 bits per heavy atom. The van der Waals surface area contributed by atoms with E-state index in [1.165, 1.54) is 6.07 Å². The highest BCUT2D eigenvalue weighted by molar-refractivity contribution is 5.85. The number of nitrogens with zero attached hydrogens (tertiary/aromatic N) is 2. The standard InChI is InChI=1S/C12H13FN2O.ClH/c1-8-5-9(2)15(14-8)12-4-3-10(7-16)6-11(12)13;/h3-6,16H,7H2,1-2H3;1H. The van der Waals surface area contributed by atoms with Crippen molar-refractivity contribution in [2.24, 2.45) is 0 Å². The Bertz CT molecular complexity index is 525. The minimum Gasteiger partial charge on any atom is -0.392 e. The molecule has 1 N–H and O–H groups in total. The highest BCUT2D eigenvalue weighted by Gasteiger charge is 2.09. The molecule has 0 aliphatic rings. The fourth-order valence-electron chi connectivity index (χ4n) is 1.69. The van der Waals surface area contributed by atoms with Crippen LogP contribution in [0, 0.1) is 19.7 Å². The maximum atomic E-state index is 13.7. The second-order valence-corrected chi connectivity index (χ2v) is 3.78. The second kappa shape index (κ2) is 5.29. The molecule has 0 bridgehead atoms. The Labute approximate surface area is 105 Å². The third-order valence-electron chi connectivity index (χ3n) is 2.43. The molecule has 0 spiro atoms. The first-order valence-electron chi connectivity index (χ1n) is 5.04. The molecule has 0 saturated carbocycles. The molecule has 2 rings (SSSR count). The van der Waals surface area contributed by atoms with Crippen LogP contribution in [-0.4, -0.2) is 14.9 Å². The van der Waals surface area contributed by atoms with Crippen molar-refractivity contribution in [3.63, 3.8) is 0 Å². The fraction of sp³-hybridized carbons (Fsp3) is 0.250. The molecule has 92 valence electrons. The maximum Gasteiger partial charge on any atom is 0.149 e. The second-order valence-electron chi connectivity index (χ2n) is 3.78. The molecule has 0 aliphatic heterocycles. The lowest BCUT2D eigenvalue weighted by Crippen LogP contribution is -2.02.